The van der Waals surface area contributed by atoms with Gasteiger partial charge in [0.2, 0.25) is 0 Å². The van der Waals surface area contributed by atoms with Crippen LogP contribution in [0.3, 0.4) is 0 Å². The van der Waals surface area contributed by atoms with Gasteiger partial charge < -0.3 is 0 Å². The zero-order valence-electron chi connectivity index (χ0n) is 7.70. The molecule has 1 aromatic carbocycles. The Morgan fingerprint density at radius 1 is 1.31 bits per heavy atom. The van der Waals surface area contributed by atoms with Gasteiger partial charge in [-0.2, -0.15) is 0 Å². The van der Waals surface area contributed by atoms with E-state index in [1.807, 2.05) is 18.2 Å². The number of hydrogen-bond acceptors (Lipinski definition) is 1. The first kappa shape index (κ1) is 8.49. The van der Waals surface area contributed by atoms with Crippen LogP contribution in [-0.4, -0.2) is 6.29 Å². The second kappa shape index (κ2) is 3.73. The minimum Gasteiger partial charge on any atom is -0.298 e. The van der Waals surface area contributed by atoms with E-state index >= 15 is 0 Å². The van der Waals surface area contributed by atoms with E-state index in [2.05, 4.69) is 6.07 Å². The van der Waals surface area contributed by atoms with E-state index in [1.54, 1.807) is 0 Å². The second-order valence-electron chi connectivity index (χ2n) is 3.80. The second-order valence-corrected chi connectivity index (χ2v) is 3.80. The highest BCUT2D eigenvalue weighted by Crippen LogP contribution is 2.33. The van der Waals surface area contributed by atoms with Crippen LogP contribution in [-0.2, 0) is 6.42 Å². The number of aldehydes is 1. The SMILES string of the molecule is O=Cc1ccccc1CCC1CC1. The zero-order valence-corrected chi connectivity index (χ0v) is 7.70. The van der Waals surface area contributed by atoms with E-state index in [9.17, 15) is 4.79 Å². The summed E-state index contributed by atoms with van der Waals surface area (Å²) in [7, 11) is 0. The van der Waals surface area contributed by atoms with Crippen molar-refractivity contribution in [3.05, 3.63) is 35.4 Å². The van der Waals surface area contributed by atoms with Gasteiger partial charge in [-0.15, -0.1) is 0 Å². The Kier molecular flexibility index (Phi) is 2.44. The summed E-state index contributed by atoms with van der Waals surface area (Å²) in [6, 6.07) is 7.89. The minimum absolute atomic E-state index is 0.864. The molecule has 1 aliphatic rings. The Balaban J connectivity index is 2.03. The van der Waals surface area contributed by atoms with Gasteiger partial charge in [-0.3, -0.25) is 4.79 Å². The van der Waals surface area contributed by atoms with Gasteiger partial charge in [0, 0.05) is 5.56 Å². The molecule has 2 rings (SSSR count). The first-order valence-corrected chi connectivity index (χ1v) is 4.93. The van der Waals surface area contributed by atoms with Crippen LogP contribution >= 0.6 is 0 Å². The summed E-state index contributed by atoms with van der Waals surface area (Å²) in [5.74, 6) is 0.944. The molecule has 13 heavy (non-hydrogen) atoms. The number of carbonyl (C=O) groups is 1. The van der Waals surface area contributed by atoms with Crippen molar-refractivity contribution in [3.8, 4) is 0 Å². The molecule has 0 amide bonds. The molecule has 68 valence electrons. The van der Waals surface area contributed by atoms with Gasteiger partial charge in [-0.1, -0.05) is 37.1 Å². The lowest BCUT2D eigenvalue weighted by molar-refractivity contribution is 0.112. The minimum atomic E-state index is 0.864. The topological polar surface area (TPSA) is 17.1 Å². The molecule has 0 bridgehead atoms. The van der Waals surface area contributed by atoms with E-state index in [1.165, 1.54) is 24.8 Å². The van der Waals surface area contributed by atoms with Crippen LogP contribution in [0.25, 0.3) is 0 Å². The van der Waals surface area contributed by atoms with Crippen molar-refractivity contribution in [1.82, 2.24) is 0 Å². The molecule has 0 aliphatic heterocycles. The van der Waals surface area contributed by atoms with Crippen LogP contribution in [0, 0.1) is 5.92 Å². The van der Waals surface area contributed by atoms with E-state index in [0.29, 0.717) is 0 Å². The average molecular weight is 174 g/mol. The molecule has 0 heterocycles. The highest BCUT2D eigenvalue weighted by molar-refractivity contribution is 5.77. The quantitative estimate of drug-likeness (QED) is 0.641. The molecule has 0 radical (unpaired) electrons. The van der Waals surface area contributed by atoms with Crippen LogP contribution in [0.5, 0.6) is 0 Å². The fraction of sp³-hybridized carbons (Fsp3) is 0.417. The Bertz CT molecular complexity index is 300. The van der Waals surface area contributed by atoms with Crippen LogP contribution < -0.4 is 0 Å². The highest BCUT2D eigenvalue weighted by Gasteiger charge is 2.20. The van der Waals surface area contributed by atoms with Crippen LogP contribution in [0.2, 0.25) is 0 Å². The van der Waals surface area contributed by atoms with Crippen molar-refractivity contribution in [2.45, 2.75) is 25.7 Å². The van der Waals surface area contributed by atoms with Gasteiger partial charge >= 0.3 is 0 Å². The molecule has 1 heteroatoms. The van der Waals surface area contributed by atoms with E-state index in [4.69, 9.17) is 0 Å². The van der Waals surface area contributed by atoms with Crippen LogP contribution in [0.1, 0.15) is 35.2 Å². The molecule has 0 atom stereocenters. The third kappa shape index (κ3) is 2.18. The molecule has 1 aromatic rings. The van der Waals surface area contributed by atoms with Gasteiger partial charge in [0.05, 0.1) is 0 Å². The van der Waals surface area contributed by atoms with E-state index < -0.39 is 0 Å². The molecule has 1 fully saturated rings. The van der Waals surface area contributed by atoms with Gasteiger partial charge in [0.25, 0.3) is 0 Å². The van der Waals surface area contributed by atoms with E-state index in [0.717, 1.165) is 24.2 Å². The van der Waals surface area contributed by atoms with Crippen molar-refractivity contribution in [3.63, 3.8) is 0 Å². The predicted molar refractivity (Wildman–Crippen MR) is 52.9 cm³/mol. The number of benzene rings is 1. The number of carbonyl (C=O) groups excluding carboxylic acids is 1. The summed E-state index contributed by atoms with van der Waals surface area (Å²) >= 11 is 0. The Labute approximate surface area is 78.8 Å². The maximum absolute atomic E-state index is 10.7. The third-order valence-electron chi connectivity index (χ3n) is 2.70. The Morgan fingerprint density at radius 3 is 2.77 bits per heavy atom. The summed E-state index contributed by atoms with van der Waals surface area (Å²) in [5, 5.41) is 0. The number of aryl methyl sites for hydroxylation is 1. The fourth-order valence-electron chi connectivity index (χ4n) is 1.64. The highest BCUT2D eigenvalue weighted by atomic mass is 16.1. The molecular weight excluding hydrogens is 160 g/mol. The maximum atomic E-state index is 10.7. The fourth-order valence-corrected chi connectivity index (χ4v) is 1.64. The van der Waals surface area contributed by atoms with Crippen molar-refractivity contribution in [2.24, 2.45) is 5.92 Å². The summed E-state index contributed by atoms with van der Waals surface area (Å²) in [4.78, 5) is 10.7. The predicted octanol–water partition coefficient (Wildman–Crippen LogP) is 2.84. The summed E-state index contributed by atoms with van der Waals surface area (Å²) in [6.45, 7) is 0. The summed E-state index contributed by atoms with van der Waals surface area (Å²) in [5.41, 5.74) is 2.08. The average Bonchev–Trinajstić information content (AvgIpc) is 2.99. The Hall–Kier alpha value is -1.11. The lowest BCUT2D eigenvalue weighted by atomic mass is 10.0. The van der Waals surface area contributed by atoms with Gasteiger partial charge in [-0.05, 0) is 24.3 Å². The normalized spacial score (nSPS) is 15.7. The molecule has 1 saturated carbocycles. The molecule has 0 saturated heterocycles. The molecule has 1 nitrogen and oxygen atoms in total. The van der Waals surface area contributed by atoms with E-state index in [-0.39, 0.29) is 0 Å². The molecule has 0 unspecified atom stereocenters. The van der Waals surface area contributed by atoms with Crippen molar-refractivity contribution < 1.29 is 4.79 Å². The van der Waals surface area contributed by atoms with Crippen LogP contribution in [0.15, 0.2) is 24.3 Å². The van der Waals surface area contributed by atoms with Crippen molar-refractivity contribution in [1.29, 1.82) is 0 Å². The lowest BCUT2D eigenvalue weighted by Gasteiger charge is -2.02. The van der Waals surface area contributed by atoms with Gasteiger partial charge in [-0.25, -0.2) is 0 Å². The Morgan fingerprint density at radius 2 is 2.08 bits per heavy atom. The zero-order chi connectivity index (χ0) is 9.10. The molecule has 0 N–H and O–H groups in total. The maximum Gasteiger partial charge on any atom is 0.150 e. The molecule has 0 aromatic heterocycles. The summed E-state index contributed by atoms with van der Waals surface area (Å²) in [6.07, 6.45) is 6.07. The number of rotatable bonds is 4. The third-order valence-corrected chi connectivity index (χ3v) is 2.70. The van der Waals surface area contributed by atoms with Crippen molar-refractivity contribution in [2.75, 3.05) is 0 Å². The standard InChI is InChI=1S/C12H14O/c13-9-12-4-2-1-3-11(12)8-7-10-5-6-10/h1-4,9-10H,5-8H2. The monoisotopic (exact) mass is 174 g/mol. The molecule has 1 aliphatic carbocycles. The number of hydrogen-bond donors (Lipinski definition) is 0. The van der Waals surface area contributed by atoms with Crippen molar-refractivity contribution >= 4 is 6.29 Å². The molecule has 0 spiro atoms. The molecular formula is C12H14O. The first-order chi connectivity index (χ1) is 6.40. The van der Waals surface area contributed by atoms with Crippen LogP contribution in [0.4, 0.5) is 0 Å². The summed E-state index contributed by atoms with van der Waals surface area (Å²) < 4.78 is 0. The smallest absolute Gasteiger partial charge is 0.150 e. The van der Waals surface area contributed by atoms with Gasteiger partial charge in [0.1, 0.15) is 6.29 Å². The largest absolute Gasteiger partial charge is 0.298 e. The lowest BCUT2D eigenvalue weighted by Crippen LogP contribution is -1.93. The first-order valence-electron chi connectivity index (χ1n) is 4.93. The van der Waals surface area contributed by atoms with Gasteiger partial charge in [0.15, 0.2) is 0 Å².